The van der Waals surface area contributed by atoms with Gasteiger partial charge in [-0.2, -0.15) is 0 Å². The second-order valence-electron chi connectivity index (χ2n) is 6.34. The molecule has 1 saturated carbocycles. The second-order valence-corrected chi connectivity index (χ2v) is 6.34. The van der Waals surface area contributed by atoms with E-state index in [4.69, 9.17) is 0 Å². The maximum absolute atomic E-state index is 12.3. The molecule has 124 valence electrons. The average Bonchev–Trinajstić information content (AvgIpc) is 3.15. The van der Waals surface area contributed by atoms with Gasteiger partial charge in [-0.05, 0) is 31.7 Å². The quantitative estimate of drug-likeness (QED) is 0.930. The Hall–Kier alpha value is -2.11. The molecule has 23 heavy (non-hydrogen) atoms. The minimum atomic E-state index is -0.00373. The molecule has 2 fully saturated rings. The number of anilines is 1. The third kappa shape index (κ3) is 4.00. The van der Waals surface area contributed by atoms with Gasteiger partial charge in [0, 0.05) is 44.8 Å². The molecule has 0 bridgehead atoms. The number of piperazine rings is 1. The molecule has 0 aromatic carbocycles. The van der Waals surface area contributed by atoms with E-state index in [0.717, 1.165) is 19.0 Å². The van der Waals surface area contributed by atoms with Gasteiger partial charge in [0.1, 0.15) is 0 Å². The number of nitrogens with one attached hydrogen (secondary N) is 1. The van der Waals surface area contributed by atoms with Crippen LogP contribution in [0.5, 0.6) is 0 Å². The number of nitrogens with zero attached hydrogens (tertiary/aromatic N) is 4. The van der Waals surface area contributed by atoms with Gasteiger partial charge in [-0.15, -0.1) is 0 Å². The van der Waals surface area contributed by atoms with Crippen molar-refractivity contribution in [1.29, 1.82) is 0 Å². The van der Waals surface area contributed by atoms with E-state index in [0.29, 0.717) is 19.0 Å². The maximum atomic E-state index is 12.3. The number of allylic oxidation sites excluding steroid dienone is 1. The Morgan fingerprint density at radius 3 is 2.48 bits per heavy atom. The SMILES string of the molecule is C/C(=C\NC(=O)N1CCN(c2ncccn2)CC1)C1CCCC1. The standard InChI is InChI=1S/C17H25N5O/c1-14(15-5-2-3-6-15)13-20-17(23)22-11-9-21(10-12-22)16-18-7-4-8-19-16/h4,7-8,13,15H,2-3,5-6,9-12H2,1H3,(H,20,23)/b14-13+. The zero-order valence-corrected chi connectivity index (χ0v) is 13.7. The summed E-state index contributed by atoms with van der Waals surface area (Å²) < 4.78 is 0. The van der Waals surface area contributed by atoms with E-state index in [-0.39, 0.29) is 6.03 Å². The van der Waals surface area contributed by atoms with E-state index < -0.39 is 0 Å². The Balaban J connectivity index is 1.47. The number of hydrogen-bond donors (Lipinski definition) is 1. The first-order valence-electron chi connectivity index (χ1n) is 8.48. The van der Waals surface area contributed by atoms with Crippen molar-refractivity contribution in [3.05, 3.63) is 30.2 Å². The zero-order valence-electron chi connectivity index (χ0n) is 13.7. The number of urea groups is 1. The fraction of sp³-hybridized carbons (Fsp3) is 0.588. The Morgan fingerprint density at radius 1 is 1.17 bits per heavy atom. The van der Waals surface area contributed by atoms with Gasteiger partial charge >= 0.3 is 6.03 Å². The maximum Gasteiger partial charge on any atom is 0.321 e. The second kappa shape index (κ2) is 7.44. The van der Waals surface area contributed by atoms with Crippen molar-refractivity contribution < 1.29 is 4.79 Å². The molecule has 1 aromatic rings. The van der Waals surface area contributed by atoms with Crippen molar-refractivity contribution in [2.24, 2.45) is 5.92 Å². The Bertz CT molecular complexity index is 545. The molecule has 0 radical (unpaired) electrons. The summed E-state index contributed by atoms with van der Waals surface area (Å²) in [5.41, 5.74) is 1.30. The van der Waals surface area contributed by atoms with E-state index in [2.05, 4.69) is 27.1 Å². The van der Waals surface area contributed by atoms with Crippen LogP contribution in [0.15, 0.2) is 30.2 Å². The van der Waals surface area contributed by atoms with E-state index in [1.165, 1.54) is 31.3 Å². The van der Waals surface area contributed by atoms with Gasteiger partial charge in [0.2, 0.25) is 5.95 Å². The Morgan fingerprint density at radius 2 is 1.83 bits per heavy atom. The summed E-state index contributed by atoms with van der Waals surface area (Å²) in [6, 6.07) is 1.81. The molecular formula is C17H25N5O. The first-order chi connectivity index (χ1) is 11.2. The van der Waals surface area contributed by atoms with Crippen LogP contribution in [0.3, 0.4) is 0 Å². The van der Waals surface area contributed by atoms with Crippen LogP contribution in [0.25, 0.3) is 0 Å². The van der Waals surface area contributed by atoms with Crippen LogP contribution in [-0.4, -0.2) is 47.1 Å². The number of rotatable bonds is 3. The number of carbonyl (C=O) groups is 1. The summed E-state index contributed by atoms with van der Waals surface area (Å²) in [6.45, 7) is 5.05. The van der Waals surface area contributed by atoms with E-state index in [9.17, 15) is 4.79 Å². The zero-order chi connectivity index (χ0) is 16.1. The summed E-state index contributed by atoms with van der Waals surface area (Å²) in [4.78, 5) is 24.8. The first-order valence-corrected chi connectivity index (χ1v) is 8.48. The molecule has 2 heterocycles. The molecule has 1 aliphatic carbocycles. The molecule has 1 saturated heterocycles. The van der Waals surface area contributed by atoms with Crippen molar-refractivity contribution >= 4 is 12.0 Å². The predicted molar refractivity (Wildman–Crippen MR) is 90.1 cm³/mol. The molecule has 6 heteroatoms. The van der Waals surface area contributed by atoms with Gasteiger partial charge in [0.25, 0.3) is 0 Å². The Kier molecular flexibility index (Phi) is 5.10. The summed E-state index contributed by atoms with van der Waals surface area (Å²) in [5, 5.41) is 2.96. The van der Waals surface area contributed by atoms with Gasteiger partial charge < -0.3 is 15.1 Å². The minimum absolute atomic E-state index is 0.00373. The molecule has 6 nitrogen and oxygen atoms in total. The van der Waals surface area contributed by atoms with Crippen LogP contribution in [-0.2, 0) is 0 Å². The van der Waals surface area contributed by atoms with Gasteiger partial charge in [0.05, 0.1) is 0 Å². The molecule has 1 aliphatic heterocycles. The average molecular weight is 315 g/mol. The molecule has 0 atom stereocenters. The van der Waals surface area contributed by atoms with Gasteiger partial charge in [-0.1, -0.05) is 18.4 Å². The molecule has 2 aliphatic rings. The minimum Gasteiger partial charge on any atom is -0.337 e. The van der Waals surface area contributed by atoms with Crippen LogP contribution >= 0.6 is 0 Å². The molecular weight excluding hydrogens is 290 g/mol. The highest BCUT2D eigenvalue weighted by atomic mass is 16.2. The largest absolute Gasteiger partial charge is 0.337 e. The van der Waals surface area contributed by atoms with Crippen molar-refractivity contribution in [2.75, 3.05) is 31.1 Å². The highest BCUT2D eigenvalue weighted by Gasteiger charge is 2.22. The van der Waals surface area contributed by atoms with Crippen LogP contribution in [0, 0.1) is 5.92 Å². The molecule has 1 N–H and O–H groups in total. The van der Waals surface area contributed by atoms with Crippen molar-refractivity contribution in [2.45, 2.75) is 32.6 Å². The first kappa shape index (κ1) is 15.8. The fourth-order valence-corrected chi connectivity index (χ4v) is 3.33. The smallest absolute Gasteiger partial charge is 0.321 e. The molecule has 3 rings (SSSR count). The number of carbonyl (C=O) groups excluding carboxylic acids is 1. The lowest BCUT2D eigenvalue weighted by Crippen LogP contribution is -2.51. The van der Waals surface area contributed by atoms with Crippen LogP contribution in [0.2, 0.25) is 0 Å². The van der Waals surface area contributed by atoms with E-state index >= 15 is 0 Å². The third-order valence-electron chi connectivity index (χ3n) is 4.82. The van der Waals surface area contributed by atoms with E-state index in [1.807, 2.05) is 17.2 Å². The topological polar surface area (TPSA) is 61.4 Å². The summed E-state index contributed by atoms with van der Waals surface area (Å²) in [5.74, 6) is 1.40. The molecule has 2 amide bonds. The lowest BCUT2D eigenvalue weighted by atomic mass is 10.0. The normalized spacial score (nSPS) is 20.0. The Labute approximate surface area is 137 Å². The lowest BCUT2D eigenvalue weighted by Gasteiger charge is -2.34. The van der Waals surface area contributed by atoms with Crippen LogP contribution in [0.1, 0.15) is 32.6 Å². The fourth-order valence-electron chi connectivity index (χ4n) is 3.33. The van der Waals surface area contributed by atoms with Gasteiger partial charge in [-0.3, -0.25) is 0 Å². The molecule has 0 unspecified atom stereocenters. The monoisotopic (exact) mass is 315 g/mol. The van der Waals surface area contributed by atoms with Crippen LogP contribution < -0.4 is 10.2 Å². The van der Waals surface area contributed by atoms with Crippen molar-refractivity contribution in [3.8, 4) is 0 Å². The van der Waals surface area contributed by atoms with Gasteiger partial charge in [0.15, 0.2) is 0 Å². The molecule has 0 spiro atoms. The van der Waals surface area contributed by atoms with Gasteiger partial charge in [-0.25, -0.2) is 14.8 Å². The number of hydrogen-bond acceptors (Lipinski definition) is 4. The lowest BCUT2D eigenvalue weighted by molar-refractivity contribution is 0.197. The summed E-state index contributed by atoms with van der Waals surface area (Å²) in [6.07, 6.45) is 10.5. The number of amides is 2. The summed E-state index contributed by atoms with van der Waals surface area (Å²) in [7, 11) is 0. The third-order valence-corrected chi connectivity index (χ3v) is 4.82. The highest BCUT2D eigenvalue weighted by Crippen LogP contribution is 2.30. The van der Waals surface area contributed by atoms with Crippen LogP contribution in [0.4, 0.5) is 10.7 Å². The van der Waals surface area contributed by atoms with Crippen molar-refractivity contribution in [1.82, 2.24) is 20.2 Å². The summed E-state index contributed by atoms with van der Waals surface area (Å²) >= 11 is 0. The number of aromatic nitrogens is 2. The van der Waals surface area contributed by atoms with Crippen molar-refractivity contribution in [3.63, 3.8) is 0 Å². The van der Waals surface area contributed by atoms with E-state index in [1.54, 1.807) is 12.4 Å². The highest BCUT2D eigenvalue weighted by molar-refractivity contribution is 5.75. The molecule has 1 aromatic heterocycles. The predicted octanol–water partition coefficient (Wildman–Crippen LogP) is 2.40.